The van der Waals surface area contributed by atoms with Crippen LogP contribution in [0.1, 0.15) is 29.6 Å². The summed E-state index contributed by atoms with van der Waals surface area (Å²) in [4.78, 5) is 27.6. The fourth-order valence-electron chi connectivity index (χ4n) is 4.29. The molecule has 0 spiro atoms. The number of carbonyl (C=O) groups is 2. The highest BCUT2D eigenvalue weighted by Gasteiger charge is 2.56. The highest BCUT2D eigenvalue weighted by Crippen LogP contribution is 2.43. The molecule has 0 aromatic heterocycles. The first kappa shape index (κ1) is 18.0. The van der Waals surface area contributed by atoms with Gasteiger partial charge >= 0.3 is 5.97 Å². The Morgan fingerprint density at radius 1 is 1.16 bits per heavy atom. The number of piperidine rings is 1. The van der Waals surface area contributed by atoms with Gasteiger partial charge in [0, 0.05) is 30.7 Å². The molecule has 1 aromatic rings. The third-order valence-corrected chi connectivity index (χ3v) is 5.55. The lowest BCUT2D eigenvalue weighted by atomic mass is 9.76. The Kier molecular flexibility index (Phi) is 5.51. The van der Waals surface area contributed by atoms with Crippen molar-refractivity contribution in [1.82, 2.24) is 4.90 Å². The molecule has 2 fully saturated rings. The van der Waals surface area contributed by atoms with Crippen molar-refractivity contribution in [3.05, 3.63) is 35.9 Å². The van der Waals surface area contributed by atoms with Gasteiger partial charge in [-0.3, -0.25) is 14.5 Å². The summed E-state index contributed by atoms with van der Waals surface area (Å²) in [6, 6.07) is 8.74. The number of Topliss-reactive ketones (excluding diaryl/α,β-unsaturated/α-hetero) is 1. The van der Waals surface area contributed by atoms with Crippen molar-refractivity contribution in [2.24, 2.45) is 11.8 Å². The van der Waals surface area contributed by atoms with E-state index in [1.165, 1.54) is 0 Å². The minimum absolute atomic E-state index is 0.0545. The van der Waals surface area contributed by atoms with Crippen LogP contribution in [0.4, 0.5) is 0 Å². The molecule has 1 aromatic carbocycles. The molecular weight excluding hydrogens is 322 g/mol. The normalized spacial score (nSPS) is 31.7. The molecule has 0 radical (unpaired) electrons. The molecule has 25 heavy (non-hydrogen) atoms. The molecule has 2 bridgehead atoms. The van der Waals surface area contributed by atoms with Gasteiger partial charge in [0.05, 0.1) is 24.5 Å². The largest absolute Gasteiger partial charge is 0.465 e. The van der Waals surface area contributed by atoms with Crippen LogP contribution in [0, 0.1) is 11.8 Å². The van der Waals surface area contributed by atoms with Crippen molar-refractivity contribution in [1.29, 1.82) is 0 Å². The number of hydrogen-bond acceptors (Lipinski definition) is 6. The fourth-order valence-corrected chi connectivity index (χ4v) is 4.29. The summed E-state index contributed by atoms with van der Waals surface area (Å²) in [6.45, 7) is 0.0662. The van der Waals surface area contributed by atoms with Crippen LogP contribution in [-0.2, 0) is 9.53 Å². The topological polar surface area (TPSA) is 87.1 Å². The molecule has 2 aliphatic heterocycles. The van der Waals surface area contributed by atoms with Crippen molar-refractivity contribution in [2.75, 3.05) is 20.3 Å². The van der Waals surface area contributed by atoms with E-state index in [1.54, 1.807) is 24.3 Å². The third-order valence-electron chi connectivity index (χ3n) is 5.55. The van der Waals surface area contributed by atoms with Crippen LogP contribution in [0.3, 0.4) is 0 Å². The number of ether oxygens (including phenoxy) is 1. The number of carbonyl (C=O) groups excluding carboxylic acids is 2. The Balaban J connectivity index is 1.84. The van der Waals surface area contributed by atoms with E-state index in [0.717, 1.165) is 12.8 Å². The van der Waals surface area contributed by atoms with Gasteiger partial charge in [0.1, 0.15) is 0 Å². The standard InChI is InChI=1S/C19H25NO5/c1-20-13-8-9-14(20)16(19(24)25-11-5-10-21)18(23)15(13)17(22)12-6-3-2-4-7-12/h2-4,6-7,13-16,18,21,23H,5,8-11H2,1H3/t13-,14+,15?,16+,18-/m0/s1. The maximum atomic E-state index is 13.0. The molecule has 0 saturated carbocycles. The highest BCUT2D eigenvalue weighted by atomic mass is 16.5. The molecule has 2 heterocycles. The van der Waals surface area contributed by atoms with Gasteiger partial charge in [0.25, 0.3) is 0 Å². The number of hydrogen-bond donors (Lipinski definition) is 2. The van der Waals surface area contributed by atoms with E-state index in [0.29, 0.717) is 12.0 Å². The van der Waals surface area contributed by atoms with E-state index in [-0.39, 0.29) is 31.1 Å². The predicted molar refractivity (Wildman–Crippen MR) is 91.0 cm³/mol. The average Bonchev–Trinajstić information content (AvgIpc) is 2.89. The van der Waals surface area contributed by atoms with E-state index >= 15 is 0 Å². The van der Waals surface area contributed by atoms with Gasteiger partial charge in [-0.15, -0.1) is 0 Å². The predicted octanol–water partition coefficient (Wildman–Crippen LogP) is 0.865. The van der Waals surface area contributed by atoms with Crippen LogP contribution >= 0.6 is 0 Å². The summed E-state index contributed by atoms with van der Waals surface area (Å²) in [7, 11) is 1.91. The summed E-state index contributed by atoms with van der Waals surface area (Å²) in [5.74, 6) is -1.98. The van der Waals surface area contributed by atoms with Crippen molar-refractivity contribution in [3.63, 3.8) is 0 Å². The lowest BCUT2D eigenvalue weighted by molar-refractivity contribution is -0.161. The Morgan fingerprint density at radius 3 is 2.44 bits per heavy atom. The monoisotopic (exact) mass is 347 g/mol. The molecule has 136 valence electrons. The van der Waals surface area contributed by atoms with E-state index in [9.17, 15) is 14.7 Å². The number of aliphatic hydroxyl groups is 2. The Hall–Kier alpha value is -1.76. The van der Waals surface area contributed by atoms with Crippen molar-refractivity contribution in [2.45, 2.75) is 37.5 Å². The van der Waals surface area contributed by atoms with Crippen molar-refractivity contribution < 1.29 is 24.5 Å². The van der Waals surface area contributed by atoms with Gasteiger partial charge in [-0.25, -0.2) is 0 Å². The molecule has 3 rings (SSSR count). The molecule has 2 aliphatic rings. The van der Waals surface area contributed by atoms with E-state index in [2.05, 4.69) is 4.90 Å². The summed E-state index contributed by atoms with van der Waals surface area (Å²) in [6.07, 6.45) is 0.853. The number of aliphatic hydroxyl groups excluding tert-OH is 2. The second-order valence-electron chi connectivity index (χ2n) is 6.89. The lowest BCUT2D eigenvalue weighted by Gasteiger charge is -2.44. The van der Waals surface area contributed by atoms with Crippen LogP contribution in [0.2, 0.25) is 0 Å². The van der Waals surface area contributed by atoms with Gasteiger partial charge in [0.2, 0.25) is 0 Å². The Morgan fingerprint density at radius 2 is 1.80 bits per heavy atom. The van der Waals surface area contributed by atoms with Crippen LogP contribution < -0.4 is 0 Å². The van der Waals surface area contributed by atoms with Crippen molar-refractivity contribution in [3.8, 4) is 0 Å². The smallest absolute Gasteiger partial charge is 0.313 e. The zero-order valence-electron chi connectivity index (χ0n) is 14.4. The summed E-state index contributed by atoms with van der Waals surface area (Å²) < 4.78 is 5.23. The van der Waals surface area contributed by atoms with E-state index < -0.39 is 23.9 Å². The molecule has 6 heteroatoms. The second kappa shape index (κ2) is 7.64. The molecule has 6 nitrogen and oxygen atoms in total. The van der Waals surface area contributed by atoms with E-state index in [1.807, 2.05) is 13.1 Å². The molecule has 2 saturated heterocycles. The first-order chi connectivity index (χ1) is 12.1. The Labute approximate surface area is 147 Å². The summed E-state index contributed by atoms with van der Waals surface area (Å²) in [5, 5.41) is 19.7. The van der Waals surface area contributed by atoms with Crippen LogP contribution in [0.5, 0.6) is 0 Å². The first-order valence-electron chi connectivity index (χ1n) is 8.83. The minimum atomic E-state index is -1.05. The molecule has 5 atom stereocenters. The number of rotatable bonds is 6. The van der Waals surface area contributed by atoms with Gasteiger partial charge in [0.15, 0.2) is 5.78 Å². The fraction of sp³-hybridized carbons (Fsp3) is 0.579. The molecule has 0 amide bonds. The van der Waals surface area contributed by atoms with Crippen molar-refractivity contribution >= 4 is 11.8 Å². The molecular formula is C19H25NO5. The SMILES string of the molecule is CN1[C@@H]2CC[C@H]1C(C(=O)c1ccccc1)[C@H](O)[C@@H]2C(=O)OCCCO. The zero-order chi connectivity index (χ0) is 18.0. The quantitative estimate of drug-likeness (QED) is 0.451. The molecule has 0 aliphatic carbocycles. The highest BCUT2D eigenvalue weighted by molar-refractivity contribution is 5.99. The summed E-state index contributed by atoms with van der Waals surface area (Å²) >= 11 is 0. The average molecular weight is 347 g/mol. The second-order valence-corrected chi connectivity index (χ2v) is 6.89. The van der Waals surface area contributed by atoms with E-state index in [4.69, 9.17) is 9.84 Å². The zero-order valence-corrected chi connectivity index (χ0v) is 14.4. The minimum Gasteiger partial charge on any atom is -0.465 e. The maximum absolute atomic E-state index is 13.0. The van der Waals surface area contributed by atoms with Gasteiger partial charge in [-0.2, -0.15) is 0 Å². The van der Waals surface area contributed by atoms with Crippen LogP contribution in [-0.4, -0.2) is 65.3 Å². The van der Waals surface area contributed by atoms with Crippen LogP contribution in [0.15, 0.2) is 30.3 Å². The number of esters is 1. The maximum Gasteiger partial charge on any atom is 0.313 e. The molecule has 1 unspecified atom stereocenters. The van der Waals surface area contributed by atoms with Gasteiger partial charge in [-0.1, -0.05) is 30.3 Å². The Bertz CT molecular complexity index is 620. The number of nitrogens with zero attached hydrogens (tertiary/aromatic N) is 1. The summed E-state index contributed by atoms with van der Waals surface area (Å²) in [5.41, 5.74) is 0.553. The van der Waals surface area contributed by atoms with Gasteiger partial charge < -0.3 is 14.9 Å². The lowest BCUT2D eigenvalue weighted by Crippen LogP contribution is -2.59. The van der Waals surface area contributed by atoms with Gasteiger partial charge in [-0.05, 0) is 19.9 Å². The van der Waals surface area contributed by atoms with Crippen LogP contribution in [0.25, 0.3) is 0 Å². The first-order valence-corrected chi connectivity index (χ1v) is 8.83. The number of ketones is 1. The number of fused-ring (bicyclic) bond motifs is 2. The molecule has 2 N–H and O–H groups in total. The third kappa shape index (κ3) is 3.34. The number of benzene rings is 1.